The minimum atomic E-state index is -1.86. The molecule has 0 aromatic rings. The van der Waals surface area contributed by atoms with Crippen molar-refractivity contribution in [1.82, 2.24) is 0 Å². The summed E-state index contributed by atoms with van der Waals surface area (Å²) in [5.41, 5.74) is 0. The Kier molecular flexibility index (Phi) is 5.16. The summed E-state index contributed by atoms with van der Waals surface area (Å²) >= 11 is -3.34. The SMILES string of the molecule is CCS(=O)OS(=O)OC. The molecule has 4 nitrogen and oxygen atoms in total. The molecule has 56 valence electrons. The molecule has 0 radical (unpaired) electrons. The van der Waals surface area contributed by atoms with Crippen LogP contribution in [0.4, 0.5) is 0 Å². The summed E-state index contributed by atoms with van der Waals surface area (Å²) in [6.07, 6.45) is 0. The van der Waals surface area contributed by atoms with Gasteiger partial charge in [-0.3, -0.25) is 4.18 Å². The predicted octanol–water partition coefficient (Wildman–Crippen LogP) is -0.0883. The van der Waals surface area contributed by atoms with Crippen LogP contribution in [0.2, 0.25) is 0 Å². The second kappa shape index (κ2) is 5.04. The van der Waals surface area contributed by atoms with Crippen LogP contribution in [0, 0.1) is 0 Å². The average molecular weight is 172 g/mol. The lowest BCUT2D eigenvalue weighted by Gasteiger charge is -1.94. The van der Waals surface area contributed by atoms with Crippen LogP contribution in [-0.2, 0) is 30.3 Å². The molecule has 0 heterocycles. The van der Waals surface area contributed by atoms with Crippen molar-refractivity contribution in [3.8, 4) is 0 Å². The maximum absolute atomic E-state index is 10.4. The van der Waals surface area contributed by atoms with Gasteiger partial charge in [0.05, 0.1) is 7.11 Å². The summed E-state index contributed by atoms with van der Waals surface area (Å²) in [7, 11) is 1.21. The predicted molar refractivity (Wildman–Crippen MR) is 34.9 cm³/mol. The molecule has 2 unspecified atom stereocenters. The first-order chi connectivity index (χ1) is 4.20. The van der Waals surface area contributed by atoms with E-state index in [2.05, 4.69) is 7.81 Å². The fraction of sp³-hybridized carbons (Fsp3) is 1.00. The third-order valence-electron chi connectivity index (χ3n) is 0.503. The van der Waals surface area contributed by atoms with E-state index in [1.54, 1.807) is 6.92 Å². The van der Waals surface area contributed by atoms with Crippen LogP contribution in [0.25, 0.3) is 0 Å². The highest BCUT2D eigenvalue weighted by molar-refractivity contribution is 7.91. The lowest BCUT2D eigenvalue weighted by atomic mass is 11.0. The highest BCUT2D eigenvalue weighted by atomic mass is 32.3. The van der Waals surface area contributed by atoms with Crippen molar-refractivity contribution in [3.63, 3.8) is 0 Å². The molecule has 0 aliphatic heterocycles. The Morgan fingerprint density at radius 3 is 2.33 bits per heavy atom. The molecule has 0 aromatic heterocycles. The lowest BCUT2D eigenvalue weighted by molar-refractivity contribution is 0.392. The van der Waals surface area contributed by atoms with Crippen LogP contribution in [0.15, 0.2) is 0 Å². The summed E-state index contributed by atoms with van der Waals surface area (Å²) in [5, 5.41) is 0. The van der Waals surface area contributed by atoms with Crippen LogP contribution < -0.4 is 0 Å². The van der Waals surface area contributed by atoms with Gasteiger partial charge in [-0.05, 0) is 0 Å². The lowest BCUT2D eigenvalue weighted by Crippen LogP contribution is -2.03. The molecule has 0 aliphatic carbocycles. The van der Waals surface area contributed by atoms with E-state index in [-0.39, 0.29) is 0 Å². The molecule has 0 aromatic carbocycles. The standard InChI is InChI=1S/C3H8O4S2/c1-3-8(4)7-9(5)6-2/h3H2,1-2H3. The highest BCUT2D eigenvalue weighted by Crippen LogP contribution is 1.90. The van der Waals surface area contributed by atoms with E-state index in [9.17, 15) is 8.42 Å². The normalized spacial score (nSPS) is 17.1. The molecule has 0 saturated heterocycles. The summed E-state index contributed by atoms with van der Waals surface area (Å²) in [5.74, 6) is 0.315. The third-order valence-corrected chi connectivity index (χ3v) is 2.30. The van der Waals surface area contributed by atoms with Gasteiger partial charge in [0.2, 0.25) is 0 Å². The van der Waals surface area contributed by atoms with Crippen LogP contribution in [0.3, 0.4) is 0 Å². The van der Waals surface area contributed by atoms with E-state index in [1.165, 1.54) is 7.11 Å². The van der Waals surface area contributed by atoms with Gasteiger partial charge in [-0.15, -0.1) is 0 Å². The van der Waals surface area contributed by atoms with E-state index in [0.717, 1.165) is 0 Å². The zero-order chi connectivity index (χ0) is 7.28. The Balaban J connectivity index is 3.47. The van der Waals surface area contributed by atoms with Crippen molar-refractivity contribution in [1.29, 1.82) is 0 Å². The largest absolute Gasteiger partial charge is 0.318 e. The van der Waals surface area contributed by atoms with Gasteiger partial charge in [0.15, 0.2) is 11.1 Å². The van der Waals surface area contributed by atoms with E-state index < -0.39 is 22.4 Å². The van der Waals surface area contributed by atoms with Crippen LogP contribution in [-0.4, -0.2) is 21.3 Å². The first-order valence-electron chi connectivity index (χ1n) is 2.24. The quantitative estimate of drug-likeness (QED) is 0.594. The Hall–Kier alpha value is 0.220. The Morgan fingerprint density at radius 1 is 1.44 bits per heavy atom. The van der Waals surface area contributed by atoms with Gasteiger partial charge in [0, 0.05) is 5.75 Å². The van der Waals surface area contributed by atoms with Gasteiger partial charge in [-0.1, -0.05) is 6.92 Å². The smallest absolute Gasteiger partial charge is 0.271 e. The van der Waals surface area contributed by atoms with Crippen molar-refractivity contribution in [2.75, 3.05) is 12.9 Å². The zero-order valence-electron chi connectivity index (χ0n) is 5.16. The molecule has 0 rings (SSSR count). The van der Waals surface area contributed by atoms with Gasteiger partial charge >= 0.3 is 11.4 Å². The molecule has 0 amide bonds. The second-order valence-electron chi connectivity index (χ2n) is 1.03. The Morgan fingerprint density at radius 2 is 2.00 bits per heavy atom. The van der Waals surface area contributed by atoms with E-state index in [4.69, 9.17) is 0 Å². The van der Waals surface area contributed by atoms with Gasteiger partial charge in [-0.25, -0.2) is 4.21 Å². The molecular weight excluding hydrogens is 164 g/mol. The molecule has 0 aliphatic rings. The summed E-state index contributed by atoms with van der Waals surface area (Å²) in [6, 6.07) is 0. The van der Waals surface area contributed by atoms with Crippen LogP contribution in [0.5, 0.6) is 0 Å². The molecule has 6 heteroatoms. The minimum Gasteiger partial charge on any atom is -0.271 e. The van der Waals surface area contributed by atoms with E-state index in [0.29, 0.717) is 5.75 Å². The van der Waals surface area contributed by atoms with Crippen molar-refractivity contribution >= 4 is 22.4 Å². The maximum atomic E-state index is 10.4. The van der Waals surface area contributed by atoms with Gasteiger partial charge < -0.3 is 0 Å². The molecule has 9 heavy (non-hydrogen) atoms. The van der Waals surface area contributed by atoms with E-state index >= 15 is 0 Å². The monoisotopic (exact) mass is 172 g/mol. The van der Waals surface area contributed by atoms with Crippen molar-refractivity contribution in [3.05, 3.63) is 0 Å². The third kappa shape index (κ3) is 4.71. The van der Waals surface area contributed by atoms with Crippen molar-refractivity contribution in [2.45, 2.75) is 6.92 Å². The van der Waals surface area contributed by atoms with E-state index in [1.807, 2.05) is 0 Å². The maximum Gasteiger partial charge on any atom is 0.318 e. The molecule has 0 spiro atoms. The highest BCUT2D eigenvalue weighted by Gasteiger charge is 2.01. The summed E-state index contributed by atoms with van der Waals surface area (Å²) < 4.78 is 29.1. The Labute approximate surface area is 59.1 Å². The zero-order valence-corrected chi connectivity index (χ0v) is 6.79. The average Bonchev–Trinajstić information content (AvgIpc) is 1.87. The number of rotatable bonds is 4. The molecular formula is C3H8O4S2. The fourth-order valence-electron chi connectivity index (χ4n) is 0.138. The number of hydrogen-bond acceptors (Lipinski definition) is 4. The first kappa shape index (κ1) is 9.22. The topological polar surface area (TPSA) is 52.6 Å². The second-order valence-corrected chi connectivity index (χ2v) is 3.50. The summed E-state index contributed by atoms with van der Waals surface area (Å²) in [6.45, 7) is 1.66. The molecule has 0 fully saturated rings. The van der Waals surface area contributed by atoms with Gasteiger partial charge in [0.1, 0.15) is 0 Å². The fourth-order valence-corrected chi connectivity index (χ4v) is 1.24. The Bertz CT molecular complexity index is 109. The van der Waals surface area contributed by atoms with Crippen LogP contribution in [0.1, 0.15) is 6.92 Å². The van der Waals surface area contributed by atoms with Crippen molar-refractivity contribution in [2.24, 2.45) is 0 Å². The number of hydrogen-bond donors (Lipinski definition) is 0. The molecule has 0 bridgehead atoms. The minimum absolute atomic E-state index is 0.315. The van der Waals surface area contributed by atoms with Crippen LogP contribution >= 0.6 is 0 Å². The van der Waals surface area contributed by atoms with Gasteiger partial charge in [0.25, 0.3) is 0 Å². The molecule has 0 N–H and O–H groups in total. The molecule has 0 saturated carbocycles. The van der Waals surface area contributed by atoms with Gasteiger partial charge in [-0.2, -0.15) is 7.84 Å². The van der Waals surface area contributed by atoms with Crippen molar-refractivity contribution < 1.29 is 16.2 Å². The summed E-state index contributed by atoms with van der Waals surface area (Å²) in [4.78, 5) is 0. The molecule has 2 atom stereocenters. The first-order valence-corrected chi connectivity index (χ1v) is 4.48.